The highest BCUT2D eigenvalue weighted by atomic mass is 16.5. The SMILES string of the molecule is COc1ccc2c(-c3cc(=O)oc4cc(OC)ccc34)cc(=O)oc2c1. The molecule has 4 aromatic rings. The lowest BCUT2D eigenvalue weighted by molar-refractivity contribution is 0.414. The smallest absolute Gasteiger partial charge is 0.336 e. The van der Waals surface area contributed by atoms with E-state index >= 15 is 0 Å². The van der Waals surface area contributed by atoms with E-state index in [2.05, 4.69) is 0 Å². The number of hydrogen-bond donors (Lipinski definition) is 0. The average molecular weight is 350 g/mol. The van der Waals surface area contributed by atoms with Crippen molar-refractivity contribution in [2.75, 3.05) is 14.2 Å². The predicted octanol–water partition coefficient (Wildman–Crippen LogP) is 3.58. The molecule has 4 rings (SSSR count). The first-order valence-electron chi connectivity index (χ1n) is 7.83. The maximum absolute atomic E-state index is 12.1. The molecule has 2 aromatic carbocycles. The average Bonchev–Trinajstić information content (AvgIpc) is 2.65. The van der Waals surface area contributed by atoms with Gasteiger partial charge in [-0.15, -0.1) is 0 Å². The van der Waals surface area contributed by atoms with Crippen molar-refractivity contribution in [3.63, 3.8) is 0 Å². The van der Waals surface area contributed by atoms with Gasteiger partial charge < -0.3 is 18.3 Å². The van der Waals surface area contributed by atoms with E-state index in [0.29, 0.717) is 44.6 Å². The summed E-state index contributed by atoms with van der Waals surface area (Å²) in [5.74, 6) is 1.14. The molecule has 0 N–H and O–H groups in total. The largest absolute Gasteiger partial charge is 0.497 e. The molecular weight excluding hydrogens is 336 g/mol. The third-order valence-electron chi connectivity index (χ3n) is 4.19. The van der Waals surface area contributed by atoms with Crippen LogP contribution in [0, 0.1) is 0 Å². The molecule has 2 aromatic heterocycles. The molecule has 6 nitrogen and oxygen atoms in total. The molecule has 0 fully saturated rings. The molecule has 0 amide bonds. The first-order valence-corrected chi connectivity index (χ1v) is 7.83. The predicted molar refractivity (Wildman–Crippen MR) is 97.1 cm³/mol. The van der Waals surface area contributed by atoms with Gasteiger partial charge >= 0.3 is 11.3 Å². The molecular formula is C20H14O6. The fourth-order valence-electron chi connectivity index (χ4n) is 2.99. The summed E-state index contributed by atoms with van der Waals surface area (Å²) in [6, 6.07) is 13.1. The summed E-state index contributed by atoms with van der Waals surface area (Å²) in [6.45, 7) is 0. The minimum atomic E-state index is -0.518. The van der Waals surface area contributed by atoms with Crippen LogP contribution >= 0.6 is 0 Å². The summed E-state index contributed by atoms with van der Waals surface area (Å²) < 4.78 is 20.9. The van der Waals surface area contributed by atoms with E-state index in [0.717, 1.165) is 0 Å². The Morgan fingerprint density at radius 3 is 1.46 bits per heavy atom. The first kappa shape index (κ1) is 16.0. The van der Waals surface area contributed by atoms with Gasteiger partial charge in [0.05, 0.1) is 14.2 Å². The van der Waals surface area contributed by atoms with Gasteiger partial charge in [0.25, 0.3) is 0 Å². The van der Waals surface area contributed by atoms with Crippen molar-refractivity contribution in [1.29, 1.82) is 0 Å². The molecule has 26 heavy (non-hydrogen) atoms. The van der Waals surface area contributed by atoms with Crippen LogP contribution in [0.1, 0.15) is 0 Å². The zero-order valence-electron chi connectivity index (χ0n) is 14.1. The molecule has 0 aliphatic rings. The van der Waals surface area contributed by atoms with E-state index < -0.39 is 11.3 Å². The van der Waals surface area contributed by atoms with E-state index in [-0.39, 0.29) is 0 Å². The van der Waals surface area contributed by atoms with E-state index in [1.54, 1.807) is 36.4 Å². The second kappa shape index (κ2) is 6.07. The van der Waals surface area contributed by atoms with E-state index in [1.165, 1.54) is 26.4 Å². The van der Waals surface area contributed by atoms with Crippen LogP contribution in [0.5, 0.6) is 11.5 Å². The molecule has 0 aliphatic heterocycles. The fourth-order valence-corrected chi connectivity index (χ4v) is 2.99. The van der Waals surface area contributed by atoms with Crippen molar-refractivity contribution in [2.24, 2.45) is 0 Å². The minimum absolute atomic E-state index is 0.377. The highest BCUT2D eigenvalue weighted by Gasteiger charge is 2.14. The monoisotopic (exact) mass is 350 g/mol. The molecule has 0 bridgehead atoms. The van der Waals surface area contributed by atoms with Crippen molar-refractivity contribution in [3.8, 4) is 22.6 Å². The van der Waals surface area contributed by atoms with Gasteiger partial charge in [-0.2, -0.15) is 0 Å². The van der Waals surface area contributed by atoms with Crippen LogP contribution < -0.4 is 20.7 Å². The molecule has 130 valence electrons. The molecule has 0 saturated heterocycles. The maximum atomic E-state index is 12.1. The fraction of sp³-hybridized carbons (Fsp3) is 0.100. The molecule has 0 saturated carbocycles. The third-order valence-corrected chi connectivity index (χ3v) is 4.19. The molecule has 0 aliphatic carbocycles. The van der Waals surface area contributed by atoms with Crippen molar-refractivity contribution >= 4 is 21.9 Å². The lowest BCUT2D eigenvalue weighted by Crippen LogP contribution is -2.02. The molecule has 6 heteroatoms. The third kappa shape index (κ3) is 2.61. The van der Waals surface area contributed by atoms with E-state index in [1.807, 2.05) is 0 Å². The van der Waals surface area contributed by atoms with Gasteiger partial charge in [-0.05, 0) is 24.3 Å². The molecule has 0 radical (unpaired) electrons. The Hall–Kier alpha value is -3.54. The number of hydrogen-bond acceptors (Lipinski definition) is 6. The zero-order valence-corrected chi connectivity index (χ0v) is 14.1. The van der Waals surface area contributed by atoms with Crippen molar-refractivity contribution in [3.05, 3.63) is 69.4 Å². The number of fused-ring (bicyclic) bond motifs is 2. The second-order valence-corrected chi connectivity index (χ2v) is 5.68. The summed E-state index contributed by atoms with van der Waals surface area (Å²) in [6.07, 6.45) is 0. The lowest BCUT2D eigenvalue weighted by atomic mass is 9.99. The highest BCUT2D eigenvalue weighted by Crippen LogP contribution is 2.34. The topological polar surface area (TPSA) is 78.9 Å². The summed E-state index contributed by atoms with van der Waals surface area (Å²) in [7, 11) is 3.07. The van der Waals surface area contributed by atoms with Gasteiger partial charge in [-0.3, -0.25) is 0 Å². The Kier molecular flexibility index (Phi) is 3.73. The van der Waals surface area contributed by atoms with Gasteiger partial charge in [0.1, 0.15) is 22.7 Å². The van der Waals surface area contributed by atoms with Crippen LogP contribution in [0.3, 0.4) is 0 Å². The number of rotatable bonds is 3. The molecule has 0 atom stereocenters. The van der Waals surface area contributed by atoms with Gasteiger partial charge in [0, 0.05) is 46.2 Å². The van der Waals surface area contributed by atoms with Gasteiger partial charge in [-0.1, -0.05) is 0 Å². The van der Waals surface area contributed by atoms with Crippen LogP contribution in [0.2, 0.25) is 0 Å². The summed E-state index contributed by atoms with van der Waals surface area (Å²) in [5, 5.41) is 1.38. The van der Waals surface area contributed by atoms with Crippen molar-refractivity contribution < 1.29 is 18.3 Å². The second-order valence-electron chi connectivity index (χ2n) is 5.68. The van der Waals surface area contributed by atoms with Gasteiger partial charge in [0.2, 0.25) is 0 Å². The summed E-state index contributed by atoms with van der Waals surface area (Å²) in [5.41, 5.74) is 0.888. The molecule has 2 heterocycles. The Morgan fingerprint density at radius 1 is 0.654 bits per heavy atom. The molecule has 0 unspecified atom stereocenters. The zero-order chi connectivity index (χ0) is 18.3. The number of ether oxygens (including phenoxy) is 2. The Labute approximate surface area is 147 Å². The first-order chi connectivity index (χ1) is 12.6. The van der Waals surface area contributed by atoms with Gasteiger partial charge in [0.15, 0.2) is 0 Å². The summed E-state index contributed by atoms with van der Waals surface area (Å²) in [4.78, 5) is 24.1. The Morgan fingerprint density at radius 2 is 1.08 bits per heavy atom. The number of benzene rings is 2. The lowest BCUT2D eigenvalue weighted by Gasteiger charge is -2.10. The summed E-state index contributed by atoms with van der Waals surface area (Å²) >= 11 is 0. The van der Waals surface area contributed by atoms with Crippen LogP contribution in [0.4, 0.5) is 0 Å². The maximum Gasteiger partial charge on any atom is 0.336 e. The van der Waals surface area contributed by atoms with Crippen LogP contribution in [-0.2, 0) is 0 Å². The van der Waals surface area contributed by atoms with Crippen LogP contribution in [-0.4, -0.2) is 14.2 Å². The minimum Gasteiger partial charge on any atom is -0.497 e. The highest BCUT2D eigenvalue weighted by molar-refractivity contribution is 6.02. The Bertz CT molecular complexity index is 1150. The van der Waals surface area contributed by atoms with E-state index in [9.17, 15) is 9.59 Å². The van der Waals surface area contributed by atoms with Crippen molar-refractivity contribution in [1.82, 2.24) is 0 Å². The van der Waals surface area contributed by atoms with Crippen LogP contribution in [0.15, 0.2) is 67.0 Å². The molecule has 0 spiro atoms. The standard InChI is InChI=1S/C20H14O6/c1-23-11-3-5-13-15(9-19(21)25-17(13)7-11)16-10-20(22)26-18-8-12(24-2)4-6-14(16)18/h3-10H,1-2H3. The normalized spacial score (nSPS) is 11.0. The van der Waals surface area contributed by atoms with Gasteiger partial charge in [-0.25, -0.2) is 9.59 Å². The van der Waals surface area contributed by atoms with Crippen LogP contribution in [0.25, 0.3) is 33.1 Å². The number of methoxy groups -OCH3 is 2. The van der Waals surface area contributed by atoms with E-state index in [4.69, 9.17) is 18.3 Å². The van der Waals surface area contributed by atoms with Crippen molar-refractivity contribution in [2.45, 2.75) is 0 Å². The quantitative estimate of drug-likeness (QED) is 0.526. The Balaban J connectivity index is 2.10.